The van der Waals surface area contributed by atoms with E-state index in [0.717, 1.165) is 5.84 Å². The van der Waals surface area contributed by atoms with Crippen LogP contribution in [0.15, 0.2) is 46.1 Å². The lowest BCUT2D eigenvalue weighted by molar-refractivity contribution is 0.399. The van der Waals surface area contributed by atoms with Crippen molar-refractivity contribution < 1.29 is 0 Å². The van der Waals surface area contributed by atoms with Gasteiger partial charge in [0.2, 0.25) is 0 Å². The molecule has 0 aromatic rings. The molecular weight excluding hydrogens is 172 g/mol. The average Bonchev–Trinajstić information content (AvgIpc) is 2.49. The van der Waals surface area contributed by atoms with Crippen molar-refractivity contribution in [3.05, 3.63) is 36.1 Å². The van der Waals surface area contributed by atoms with E-state index >= 15 is 0 Å². The summed E-state index contributed by atoms with van der Waals surface area (Å²) in [7, 11) is 0. The van der Waals surface area contributed by atoms with Gasteiger partial charge in [-0.3, -0.25) is 0 Å². The number of hydrogen-bond acceptors (Lipinski definition) is 2. The normalized spacial score (nSPS) is 42.1. The zero-order valence-electron chi connectivity index (χ0n) is 8.36. The lowest BCUT2D eigenvalue weighted by atomic mass is 9.67. The van der Waals surface area contributed by atoms with E-state index in [1.165, 1.54) is 5.57 Å². The predicted octanol–water partition coefficient (Wildman–Crippen LogP) is 2.51. The molecule has 2 unspecified atom stereocenters. The molecule has 0 N–H and O–H groups in total. The van der Waals surface area contributed by atoms with Gasteiger partial charge in [0.05, 0.1) is 5.41 Å². The van der Waals surface area contributed by atoms with Gasteiger partial charge < -0.3 is 0 Å². The van der Waals surface area contributed by atoms with E-state index in [4.69, 9.17) is 0 Å². The van der Waals surface area contributed by atoms with Crippen LogP contribution in [0.1, 0.15) is 13.8 Å². The molecule has 0 saturated heterocycles. The van der Waals surface area contributed by atoms with E-state index in [2.05, 4.69) is 42.1 Å². The topological polar surface area (TPSA) is 24.7 Å². The van der Waals surface area contributed by atoms with Gasteiger partial charge in [0, 0.05) is 17.8 Å². The van der Waals surface area contributed by atoms with Crippen molar-refractivity contribution in [2.24, 2.45) is 20.8 Å². The van der Waals surface area contributed by atoms with Gasteiger partial charge in [0.25, 0.3) is 0 Å². The van der Waals surface area contributed by atoms with Gasteiger partial charge in [-0.15, -0.1) is 0 Å². The van der Waals surface area contributed by atoms with Crippen molar-refractivity contribution in [2.75, 3.05) is 0 Å². The Bertz CT molecular complexity index is 413. The highest BCUT2D eigenvalue weighted by Crippen LogP contribution is 2.55. The molecule has 2 heterocycles. The second kappa shape index (κ2) is 2.14. The van der Waals surface area contributed by atoms with E-state index in [1.807, 2.05) is 18.5 Å². The fourth-order valence-electron chi connectivity index (χ4n) is 2.42. The molecule has 0 bridgehead atoms. The molecule has 0 aromatic carbocycles. The van der Waals surface area contributed by atoms with Crippen molar-refractivity contribution in [1.29, 1.82) is 0 Å². The quantitative estimate of drug-likeness (QED) is 0.552. The van der Waals surface area contributed by atoms with E-state index in [0.29, 0.717) is 0 Å². The van der Waals surface area contributed by atoms with Crippen molar-refractivity contribution in [3.8, 4) is 0 Å². The van der Waals surface area contributed by atoms with Crippen LogP contribution in [-0.4, -0.2) is 12.1 Å². The van der Waals surface area contributed by atoms with E-state index < -0.39 is 0 Å². The molecule has 0 fully saturated rings. The second-order valence-corrected chi connectivity index (χ2v) is 4.42. The van der Waals surface area contributed by atoms with Crippen LogP contribution >= 0.6 is 0 Å². The maximum Gasteiger partial charge on any atom is 0.139 e. The van der Waals surface area contributed by atoms with Crippen LogP contribution in [0.3, 0.4) is 0 Å². The Morgan fingerprint density at radius 2 is 2.14 bits per heavy atom. The fourth-order valence-corrected chi connectivity index (χ4v) is 2.42. The molecule has 14 heavy (non-hydrogen) atoms. The van der Waals surface area contributed by atoms with E-state index in [1.54, 1.807) is 0 Å². The Kier molecular flexibility index (Phi) is 1.21. The molecule has 0 radical (unpaired) electrons. The molecule has 3 aliphatic rings. The number of hydrogen-bond donors (Lipinski definition) is 0. The Morgan fingerprint density at radius 3 is 3.00 bits per heavy atom. The minimum absolute atomic E-state index is 0.0175. The molecule has 0 saturated carbocycles. The third-order valence-electron chi connectivity index (χ3n) is 3.72. The summed E-state index contributed by atoms with van der Waals surface area (Å²) in [5.41, 5.74) is 1.28. The number of nitrogens with zero attached hydrogens (tertiary/aromatic N) is 2. The van der Waals surface area contributed by atoms with Gasteiger partial charge in [-0.25, -0.2) is 9.98 Å². The summed E-state index contributed by atoms with van der Waals surface area (Å²) in [6, 6.07) is 0. The molecule has 2 atom stereocenters. The lowest BCUT2D eigenvalue weighted by Crippen LogP contribution is -2.35. The molecule has 3 rings (SSSR count). The molecular formula is C12H12N2. The van der Waals surface area contributed by atoms with Crippen molar-refractivity contribution >= 4 is 12.1 Å². The zero-order valence-corrected chi connectivity index (χ0v) is 8.36. The van der Waals surface area contributed by atoms with Crippen LogP contribution in [0.25, 0.3) is 0 Å². The summed E-state index contributed by atoms with van der Waals surface area (Å²) in [4.78, 5) is 8.81. The van der Waals surface area contributed by atoms with E-state index in [9.17, 15) is 0 Å². The molecule has 2 heteroatoms. The Hall–Kier alpha value is -1.44. The number of amidine groups is 1. The zero-order chi connectivity index (χ0) is 9.81. The smallest absolute Gasteiger partial charge is 0.139 e. The molecule has 0 amide bonds. The van der Waals surface area contributed by atoms with Crippen LogP contribution in [0.2, 0.25) is 0 Å². The van der Waals surface area contributed by atoms with Gasteiger partial charge in [-0.05, 0) is 25.5 Å². The van der Waals surface area contributed by atoms with Crippen LogP contribution in [0.5, 0.6) is 0 Å². The molecule has 0 aromatic heterocycles. The van der Waals surface area contributed by atoms with Gasteiger partial charge >= 0.3 is 0 Å². The molecule has 1 aliphatic carbocycles. The van der Waals surface area contributed by atoms with Crippen molar-refractivity contribution in [2.45, 2.75) is 13.8 Å². The van der Waals surface area contributed by atoms with Crippen molar-refractivity contribution in [3.63, 3.8) is 0 Å². The third-order valence-corrected chi connectivity index (χ3v) is 3.72. The number of aliphatic imine (C=N–C) groups is 2. The summed E-state index contributed by atoms with van der Waals surface area (Å²) >= 11 is 0. The Balaban J connectivity index is 2.34. The van der Waals surface area contributed by atoms with Gasteiger partial charge in [0.1, 0.15) is 5.84 Å². The SMILES string of the molecule is CC12C=CC3=CC=CN=C(N=C1)C32C. The maximum absolute atomic E-state index is 4.43. The third kappa shape index (κ3) is 0.649. The summed E-state index contributed by atoms with van der Waals surface area (Å²) in [5, 5.41) is 0. The van der Waals surface area contributed by atoms with Gasteiger partial charge in [0.15, 0.2) is 0 Å². The van der Waals surface area contributed by atoms with E-state index in [-0.39, 0.29) is 10.8 Å². The van der Waals surface area contributed by atoms with Gasteiger partial charge in [-0.2, -0.15) is 0 Å². The first kappa shape index (κ1) is 7.92. The number of rotatable bonds is 0. The van der Waals surface area contributed by atoms with Crippen LogP contribution in [-0.2, 0) is 0 Å². The standard InChI is InChI=1S/C12H12N2/c1-11-6-5-9-4-3-7-13-10(14-8-11)12(9,11)2/h3-8H,1-2H3. The van der Waals surface area contributed by atoms with Crippen molar-refractivity contribution in [1.82, 2.24) is 0 Å². The van der Waals surface area contributed by atoms with Crippen LogP contribution in [0.4, 0.5) is 0 Å². The molecule has 0 spiro atoms. The lowest BCUT2D eigenvalue weighted by Gasteiger charge is -2.32. The summed E-state index contributed by atoms with van der Waals surface area (Å²) in [6.07, 6.45) is 12.4. The first-order chi connectivity index (χ1) is 6.67. The molecule has 2 aliphatic heterocycles. The minimum atomic E-state index is -0.0451. The highest BCUT2D eigenvalue weighted by atomic mass is 15.0. The summed E-state index contributed by atoms with van der Waals surface area (Å²) < 4.78 is 0. The largest absolute Gasteiger partial charge is 0.244 e. The van der Waals surface area contributed by atoms with Crippen LogP contribution in [0, 0.1) is 10.8 Å². The maximum atomic E-state index is 4.43. The Morgan fingerprint density at radius 1 is 1.29 bits per heavy atom. The fraction of sp³-hybridized carbons (Fsp3) is 0.333. The first-order valence-electron chi connectivity index (χ1n) is 4.87. The van der Waals surface area contributed by atoms with Gasteiger partial charge in [-0.1, -0.05) is 18.2 Å². The minimum Gasteiger partial charge on any atom is -0.244 e. The highest BCUT2D eigenvalue weighted by molar-refractivity contribution is 6.08. The summed E-state index contributed by atoms with van der Waals surface area (Å²) in [6.45, 7) is 4.43. The second-order valence-electron chi connectivity index (χ2n) is 4.42. The van der Waals surface area contributed by atoms with Crippen LogP contribution < -0.4 is 0 Å². The predicted molar refractivity (Wildman–Crippen MR) is 58.5 cm³/mol. The highest BCUT2D eigenvalue weighted by Gasteiger charge is 2.54. The average molecular weight is 184 g/mol. The monoisotopic (exact) mass is 184 g/mol. The first-order valence-corrected chi connectivity index (χ1v) is 4.87. The Labute approximate surface area is 83.5 Å². The summed E-state index contributed by atoms with van der Waals surface area (Å²) in [5.74, 6) is 0.935. The number of allylic oxidation sites excluding steroid dienone is 4. The molecule has 70 valence electrons. The molecule has 2 nitrogen and oxygen atoms in total.